The zero-order chi connectivity index (χ0) is 9.97. The fourth-order valence-corrected chi connectivity index (χ4v) is 2.94. The first-order valence-corrected chi connectivity index (χ1v) is 5.51. The first-order valence-electron chi connectivity index (χ1n) is 5.51. The van der Waals surface area contributed by atoms with Gasteiger partial charge in [0.15, 0.2) is 5.84 Å². The molecule has 2 atom stereocenters. The molecule has 0 aromatic carbocycles. The summed E-state index contributed by atoms with van der Waals surface area (Å²) in [5, 5.41) is 11.6. The second kappa shape index (κ2) is 4.17. The van der Waals surface area contributed by atoms with Crippen LogP contribution in [0.4, 0.5) is 0 Å². The van der Waals surface area contributed by atoms with Crippen LogP contribution in [0, 0.1) is 5.92 Å². The maximum atomic E-state index is 8.53. The number of nitrogens with two attached hydrogens (primary N) is 1. The number of nitrogens with zero attached hydrogens (tertiary/aromatic N) is 2. The Morgan fingerprint density at radius 3 is 2.93 bits per heavy atom. The third-order valence-electron chi connectivity index (χ3n) is 3.62. The van der Waals surface area contributed by atoms with E-state index in [0.29, 0.717) is 18.4 Å². The van der Waals surface area contributed by atoms with Crippen LogP contribution in [0.3, 0.4) is 0 Å². The molecule has 0 amide bonds. The Morgan fingerprint density at radius 1 is 1.36 bits per heavy atom. The second-order valence-corrected chi connectivity index (χ2v) is 4.46. The van der Waals surface area contributed by atoms with Crippen molar-refractivity contribution in [1.29, 1.82) is 0 Å². The minimum Gasteiger partial charge on any atom is -0.409 e. The van der Waals surface area contributed by atoms with Crippen molar-refractivity contribution >= 4 is 5.84 Å². The molecule has 0 aromatic rings. The number of hydrogen-bond donors (Lipinski definition) is 2. The van der Waals surface area contributed by atoms with Crippen LogP contribution in [0.5, 0.6) is 0 Å². The van der Waals surface area contributed by atoms with Crippen molar-refractivity contribution in [2.75, 3.05) is 13.1 Å². The van der Waals surface area contributed by atoms with Crippen LogP contribution in [0.2, 0.25) is 0 Å². The summed E-state index contributed by atoms with van der Waals surface area (Å²) in [5.41, 5.74) is 5.53. The van der Waals surface area contributed by atoms with E-state index < -0.39 is 0 Å². The van der Waals surface area contributed by atoms with E-state index >= 15 is 0 Å². The summed E-state index contributed by atoms with van der Waals surface area (Å²) in [6.45, 7) is 1.75. The van der Waals surface area contributed by atoms with Gasteiger partial charge in [-0.2, -0.15) is 0 Å². The van der Waals surface area contributed by atoms with Gasteiger partial charge < -0.3 is 10.9 Å². The molecule has 0 spiro atoms. The lowest BCUT2D eigenvalue weighted by Crippen LogP contribution is -2.40. The zero-order valence-electron chi connectivity index (χ0n) is 8.52. The number of hydrogen-bond acceptors (Lipinski definition) is 3. The third-order valence-corrected chi connectivity index (χ3v) is 3.62. The Morgan fingerprint density at radius 2 is 2.14 bits per heavy atom. The van der Waals surface area contributed by atoms with Gasteiger partial charge in [-0.3, -0.25) is 4.90 Å². The number of fused-ring (bicyclic) bond motifs is 1. The summed E-state index contributed by atoms with van der Waals surface area (Å²) in [6.07, 6.45) is 6.69. The predicted octanol–water partition coefficient (Wildman–Crippen LogP) is 0.997. The molecule has 4 heteroatoms. The molecular weight excluding hydrogens is 178 g/mol. The van der Waals surface area contributed by atoms with Crippen LogP contribution in [0.1, 0.15) is 32.1 Å². The normalized spacial score (nSPS) is 34.4. The molecular formula is C10H19N3O. The van der Waals surface area contributed by atoms with Crippen LogP contribution in [0.25, 0.3) is 0 Å². The van der Waals surface area contributed by atoms with E-state index in [1.807, 2.05) is 0 Å². The van der Waals surface area contributed by atoms with Crippen molar-refractivity contribution in [3.63, 3.8) is 0 Å². The van der Waals surface area contributed by atoms with Crippen molar-refractivity contribution in [3.8, 4) is 0 Å². The molecule has 0 bridgehead atoms. The average Bonchev–Trinajstić information content (AvgIpc) is 2.62. The summed E-state index contributed by atoms with van der Waals surface area (Å²) in [7, 11) is 0. The first-order chi connectivity index (χ1) is 6.81. The van der Waals surface area contributed by atoms with E-state index in [0.717, 1.165) is 12.5 Å². The monoisotopic (exact) mass is 197 g/mol. The number of oxime groups is 1. The number of amidine groups is 1. The predicted molar refractivity (Wildman–Crippen MR) is 55.3 cm³/mol. The second-order valence-electron chi connectivity index (χ2n) is 4.46. The van der Waals surface area contributed by atoms with Gasteiger partial charge in [0.2, 0.25) is 0 Å². The number of rotatable bonds is 2. The van der Waals surface area contributed by atoms with Gasteiger partial charge in [0.25, 0.3) is 0 Å². The molecule has 14 heavy (non-hydrogen) atoms. The molecule has 2 fully saturated rings. The quantitative estimate of drug-likeness (QED) is 0.300. The van der Waals surface area contributed by atoms with Crippen LogP contribution >= 0.6 is 0 Å². The van der Waals surface area contributed by atoms with E-state index in [1.54, 1.807) is 0 Å². The van der Waals surface area contributed by atoms with Gasteiger partial charge in [0.1, 0.15) is 0 Å². The molecule has 1 aliphatic carbocycles. The lowest BCUT2D eigenvalue weighted by molar-refractivity contribution is 0.200. The van der Waals surface area contributed by atoms with Crippen molar-refractivity contribution < 1.29 is 5.21 Å². The molecule has 4 nitrogen and oxygen atoms in total. The van der Waals surface area contributed by atoms with Crippen molar-refractivity contribution in [2.24, 2.45) is 16.8 Å². The molecule has 2 aliphatic rings. The molecule has 2 rings (SSSR count). The molecule has 1 heterocycles. The summed E-state index contributed by atoms with van der Waals surface area (Å²) in [6, 6.07) is 0.698. The van der Waals surface area contributed by atoms with Crippen molar-refractivity contribution in [1.82, 2.24) is 4.90 Å². The van der Waals surface area contributed by atoms with Gasteiger partial charge in [0, 0.05) is 6.04 Å². The van der Waals surface area contributed by atoms with Crippen LogP contribution < -0.4 is 5.73 Å². The smallest absolute Gasteiger partial charge is 0.153 e. The van der Waals surface area contributed by atoms with E-state index in [2.05, 4.69) is 10.1 Å². The summed E-state index contributed by atoms with van der Waals surface area (Å²) < 4.78 is 0. The Balaban J connectivity index is 1.94. The van der Waals surface area contributed by atoms with Gasteiger partial charge in [-0.05, 0) is 31.7 Å². The summed E-state index contributed by atoms with van der Waals surface area (Å²) >= 11 is 0. The van der Waals surface area contributed by atoms with Crippen molar-refractivity contribution in [3.05, 3.63) is 0 Å². The fraction of sp³-hybridized carbons (Fsp3) is 0.900. The minimum atomic E-state index is 0.344. The van der Waals surface area contributed by atoms with Gasteiger partial charge >= 0.3 is 0 Å². The molecule has 0 aromatic heterocycles. The molecule has 2 unspecified atom stereocenters. The first kappa shape index (κ1) is 9.77. The van der Waals surface area contributed by atoms with Gasteiger partial charge in [-0.1, -0.05) is 18.0 Å². The Labute approximate surface area is 84.8 Å². The van der Waals surface area contributed by atoms with Gasteiger partial charge in [-0.15, -0.1) is 0 Å². The molecule has 0 radical (unpaired) electrons. The van der Waals surface area contributed by atoms with E-state index in [-0.39, 0.29) is 0 Å². The molecule has 80 valence electrons. The summed E-state index contributed by atoms with van der Waals surface area (Å²) in [5.74, 6) is 1.21. The summed E-state index contributed by atoms with van der Waals surface area (Å²) in [4.78, 5) is 2.37. The van der Waals surface area contributed by atoms with Gasteiger partial charge in [-0.25, -0.2) is 0 Å². The highest BCUT2D eigenvalue weighted by atomic mass is 16.4. The van der Waals surface area contributed by atoms with Gasteiger partial charge in [0.05, 0.1) is 6.54 Å². The van der Waals surface area contributed by atoms with Crippen molar-refractivity contribution in [2.45, 2.75) is 38.1 Å². The highest BCUT2D eigenvalue weighted by Crippen LogP contribution is 2.35. The Hall–Kier alpha value is -0.770. The highest BCUT2D eigenvalue weighted by molar-refractivity contribution is 5.81. The number of likely N-dealkylation sites (tertiary alicyclic amines) is 1. The van der Waals surface area contributed by atoms with Crippen LogP contribution in [0.15, 0.2) is 5.16 Å². The zero-order valence-corrected chi connectivity index (χ0v) is 8.52. The molecule has 3 N–H and O–H groups in total. The fourth-order valence-electron chi connectivity index (χ4n) is 2.94. The lowest BCUT2D eigenvalue weighted by atomic mass is 9.85. The topological polar surface area (TPSA) is 61.8 Å². The third kappa shape index (κ3) is 1.85. The average molecular weight is 197 g/mol. The van der Waals surface area contributed by atoms with Crippen LogP contribution in [-0.2, 0) is 0 Å². The van der Waals surface area contributed by atoms with Crippen LogP contribution in [-0.4, -0.2) is 35.1 Å². The van der Waals surface area contributed by atoms with E-state index in [9.17, 15) is 0 Å². The molecule has 1 aliphatic heterocycles. The maximum Gasteiger partial charge on any atom is 0.153 e. The Kier molecular flexibility index (Phi) is 2.91. The SMILES string of the molecule is NC(CN1CCC2CCCCC21)=NO. The van der Waals surface area contributed by atoms with E-state index in [4.69, 9.17) is 10.9 Å². The largest absolute Gasteiger partial charge is 0.409 e. The van der Waals surface area contributed by atoms with E-state index in [1.165, 1.54) is 32.1 Å². The molecule has 1 saturated heterocycles. The highest BCUT2D eigenvalue weighted by Gasteiger charge is 2.35. The maximum absolute atomic E-state index is 8.53. The lowest BCUT2D eigenvalue weighted by Gasteiger charge is -2.31. The standard InChI is InChI=1S/C10H19N3O/c11-10(12-14)7-13-6-5-8-3-1-2-4-9(8)13/h8-9,14H,1-7H2,(H2,11,12). The Bertz CT molecular complexity index is 229. The molecule has 1 saturated carbocycles. The minimum absolute atomic E-state index is 0.344.